The molecule has 2 aromatic heterocycles. The van der Waals surface area contributed by atoms with Gasteiger partial charge in [-0.25, -0.2) is 4.98 Å². The van der Waals surface area contributed by atoms with Gasteiger partial charge in [0.1, 0.15) is 16.7 Å². The number of anilines is 3. The van der Waals surface area contributed by atoms with Crippen LogP contribution in [-0.4, -0.2) is 4.98 Å². The maximum absolute atomic E-state index is 6.45. The molecule has 0 spiro atoms. The summed E-state index contributed by atoms with van der Waals surface area (Å²) in [5.74, 6) is 0.601. The minimum Gasteiger partial charge on any atom is -0.456 e. The topological polar surface area (TPSA) is 42.4 Å². The number of rotatable bonds is 5. The zero-order valence-electron chi connectivity index (χ0n) is 27.7. The third-order valence-corrected chi connectivity index (χ3v) is 10.3. The van der Waals surface area contributed by atoms with Gasteiger partial charge in [0.25, 0.3) is 0 Å². The lowest BCUT2D eigenvalue weighted by molar-refractivity contribution is 0.620. The number of nitrogens with zero attached hydrogens (tertiary/aromatic N) is 2. The van der Waals surface area contributed by atoms with Crippen LogP contribution in [0.15, 0.2) is 167 Å². The Labute approximate surface area is 289 Å². The summed E-state index contributed by atoms with van der Waals surface area (Å²) in [4.78, 5) is 7.20. The van der Waals surface area contributed by atoms with Gasteiger partial charge in [-0.2, -0.15) is 0 Å². The Morgan fingerprint density at radius 1 is 0.500 bits per heavy atom. The predicted molar refractivity (Wildman–Crippen MR) is 204 cm³/mol. The highest BCUT2D eigenvalue weighted by Crippen LogP contribution is 2.54. The van der Waals surface area contributed by atoms with Crippen LogP contribution in [0.3, 0.4) is 0 Å². The van der Waals surface area contributed by atoms with Gasteiger partial charge in [-0.3, -0.25) is 0 Å². The van der Waals surface area contributed by atoms with Gasteiger partial charge >= 0.3 is 0 Å². The number of aromatic nitrogens is 1. The third kappa shape index (κ3) is 4.35. The normalized spacial score (nSPS) is 13.2. The number of benzene rings is 7. The summed E-state index contributed by atoms with van der Waals surface area (Å²) in [5.41, 5.74) is 14.8. The Hall–Kier alpha value is -6.39. The van der Waals surface area contributed by atoms with Crippen LogP contribution < -0.4 is 4.90 Å². The van der Waals surface area contributed by atoms with E-state index in [0.717, 1.165) is 61.2 Å². The van der Waals surface area contributed by atoms with Gasteiger partial charge in [0.15, 0.2) is 5.58 Å². The highest BCUT2D eigenvalue weighted by Gasteiger charge is 2.37. The first-order valence-electron chi connectivity index (χ1n) is 17.0. The molecule has 0 saturated heterocycles. The van der Waals surface area contributed by atoms with Crippen LogP contribution in [0.5, 0.6) is 0 Å². The smallest absolute Gasteiger partial charge is 0.227 e. The first-order chi connectivity index (χ1) is 24.5. The molecule has 0 N–H and O–H groups in total. The summed E-state index contributed by atoms with van der Waals surface area (Å²) >= 11 is 0. The average molecular weight is 645 g/mol. The van der Waals surface area contributed by atoms with E-state index in [1.54, 1.807) is 0 Å². The summed E-state index contributed by atoms with van der Waals surface area (Å²) in [7, 11) is 0. The number of fused-ring (bicyclic) bond motifs is 7. The highest BCUT2D eigenvalue weighted by molar-refractivity contribution is 6.10. The minimum atomic E-state index is -0.120. The highest BCUT2D eigenvalue weighted by atomic mass is 16.4. The molecule has 238 valence electrons. The molecule has 0 aliphatic heterocycles. The van der Waals surface area contributed by atoms with E-state index < -0.39 is 0 Å². The van der Waals surface area contributed by atoms with Crippen molar-refractivity contribution in [2.45, 2.75) is 19.3 Å². The summed E-state index contributed by atoms with van der Waals surface area (Å²) in [6.07, 6.45) is 0. The van der Waals surface area contributed by atoms with Crippen LogP contribution in [0.1, 0.15) is 25.0 Å². The number of hydrogen-bond donors (Lipinski definition) is 0. The molecule has 0 bridgehead atoms. The molecule has 9 aromatic rings. The van der Waals surface area contributed by atoms with Crippen LogP contribution in [0.25, 0.3) is 66.7 Å². The van der Waals surface area contributed by atoms with Crippen molar-refractivity contribution < 1.29 is 8.83 Å². The summed E-state index contributed by atoms with van der Waals surface area (Å²) in [6.45, 7) is 4.66. The molecule has 1 aliphatic rings. The van der Waals surface area contributed by atoms with Crippen LogP contribution >= 0.6 is 0 Å². The maximum atomic E-state index is 6.45. The Morgan fingerprint density at radius 2 is 1.18 bits per heavy atom. The van der Waals surface area contributed by atoms with Gasteiger partial charge in [-0.05, 0) is 82.4 Å². The quantitative estimate of drug-likeness (QED) is 0.187. The second-order valence-electron chi connectivity index (χ2n) is 13.6. The van der Waals surface area contributed by atoms with Crippen molar-refractivity contribution in [2.75, 3.05) is 4.90 Å². The van der Waals surface area contributed by atoms with Crippen molar-refractivity contribution >= 4 is 50.1 Å². The fourth-order valence-electron chi connectivity index (χ4n) is 7.83. The molecular formula is C46H32N2O2. The zero-order valence-corrected chi connectivity index (χ0v) is 27.7. The molecular weight excluding hydrogens is 613 g/mol. The molecule has 0 radical (unpaired) electrons. The first kappa shape index (κ1) is 28.6. The SMILES string of the molecule is CC1(C)c2ccccc2-c2c(N(c3cccc(-c4ccccc4)c3)c3ccc4oc5cc6nc(-c7ccccc7)oc6cc5c4c3)cccc21. The van der Waals surface area contributed by atoms with Crippen LogP contribution in [0.2, 0.25) is 0 Å². The van der Waals surface area contributed by atoms with Crippen molar-refractivity contribution in [1.82, 2.24) is 4.98 Å². The maximum Gasteiger partial charge on any atom is 0.227 e. The Morgan fingerprint density at radius 3 is 2.02 bits per heavy atom. The van der Waals surface area contributed by atoms with Crippen LogP contribution in [0, 0.1) is 0 Å². The summed E-state index contributed by atoms with van der Waals surface area (Å²) in [5, 5.41) is 2.02. The standard InChI is InChI=1S/C46H32N2O2/c1-46(2)37-20-10-9-19-34(37)44-38(46)21-12-22-40(44)48(32-18-11-17-31(25-32)29-13-5-3-6-14-29)33-23-24-41-35(26-33)36-27-43-39(28-42(36)49-41)47-45(50-43)30-15-7-4-8-16-30/h3-28H,1-2H3. The fraction of sp³-hybridized carbons (Fsp3) is 0.0652. The van der Waals surface area contributed by atoms with E-state index in [0.29, 0.717) is 5.89 Å². The lowest BCUT2D eigenvalue weighted by Gasteiger charge is -2.29. The predicted octanol–water partition coefficient (Wildman–Crippen LogP) is 12.8. The van der Waals surface area contributed by atoms with Gasteiger partial charge in [-0.1, -0.05) is 111 Å². The van der Waals surface area contributed by atoms with Gasteiger partial charge in [0, 0.05) is 44.8 Å². The molecule has 0 unspecified atom stereocenters. The third-order valence-electron chi connectivity index (χ3n) is 10.3. The lowest BCUT2D eigenvalue weighted by atomic mass is 9.82. The van der Waals surface area contributed by atoms with E-state index in [1.807, 2.05) is 36.4 Å². The van der Waals surface area contributed by atoms with E-state index in [2.05, 4.69) is 140 Å². The Bertz CT molecular complexity index is 2740. The van der Waals surface area contributed by atoms with Gasteiger partial charge in [0.05, 0.1) is 5.69 Å². The summed E-state index contributed by atoms with van der Waals surface area (Å²) in [6, 6.07) is 55.6. The van der Waals surface area contributed by atoms with Gasteiger partial charge < -0.3 is 13.7 Å². The second kappa shape index (κ2) is 10.8. The Balaban J connectivity index is 1.20. The second-order valence-corrected chi connectivity index (χ2v) is 13.6. The van der Waals surface area contributed by atoms with E-state index in [-0.39, 0.29) is 5.41 Å². The molecule has 0 fully saturated rings. The average Bonchev–Trinajstić information content (AvgIpc) is 3.81. The molecule has 1 aliphatic carbocycles. The van der Waals surface area contributed by atoms with Crippen LogP contribution in [0.4, 0.5) is 17.1 Å². The zero-order chi connectivity index (χ0) is 33.4. The fourth-order valence-corrected chi connectivity index (χ4v) is 7.83. The van der Waals surface area contributed by atoms with Gasteiger partial charge in [0.2, 0.25) is 5.89 Å². The minimum absolute atomic E-state index is 0.120. The molecule has 4 heteroatoms. The Kier molecular flexibility index (Phi) is 6.19. The number of hydrogen-bond acceptors (Lipinski definition) is 4. The molecule has 0 atom stereocenters. The van der Waals surface area contributed by atoms with E-state index in [1.165, 1.54) is 27.8 Å². The first-order valence-corrected chi connectivity index (χ1v) is 17.0. The molecule has 7 aromatic carbocycles. The van der Waals surface area contributed by atoms with Crippen molar-refractivity contribution in [3.63, 3.8) is 0 Å². The van der Waals surface area contributed by atoms with Crippen molar-refractivity contribution in [1.29, 1.82) is 0 Å². The van der Waals surface area contributed by atoms with Crippen molar-refractivity contribution in [3.8, 4) is 33.7 Å². The summed E-state index contributed by atoms with van der Waals surface area (Å²) < 4.78 is 12.7. The monoisotopic (exact) mass is 644 g/mol. The largest absolute Gasteiger partial charge is 0.456 e. The lowest BCUT2D eigenvalue weighted by Crippen LogP contribution is -2.16. The molecule has 2 heterocycles. The van der Waals surface area contributed by atoms with Crippen molar-refractivity contribution in [2.24, 2.45) is 0 Å². The van der Waals surface area contributed by atoms with E-state index in [9.17, 15) is 0 Å². The van der Waals surface area contributed by atoms with E-state index >= 15 is 0 Å². The van der Waals surface area contributed by atoms with Crippen molar-refractivity contribution in [3.05, 3.63) is 169 Å². The molecule has 0 amide bonds. The number of oxazole rings is 1. The van der Waals surface area contributed by atoms with E-state index in [4.69, 9.17) is 13.8 Å². The number of furan rings is 1. The molecule has 0 saturated carbocycles. The molecule has 4 nitrogen and oxygen atoms in total. The van der Waals surface area contributed by atoms with Crippen LogP contribution in [-0.2, 0) is 5.41 Å². The van der Waals surface area contributed by atoms with Gasteiger partial charge in [-0.15, -0.1) is 0 Å². The molecule has 50 heavy (non-hydrogen) atoms. The molecule has 10 rings (SSSR count).